The van der Waals surface area contributed by atoms with Crippen molar-refractivity contribution in [3.8, 4) is 11.8 Å². The molecule has 0 saturated carbocycles. The first-order chi connectivity index (χ1) is 8.76. The van der Waals surface area contributed by atoms with E-state index in [-0.39, 0.29) is 18.6 Å². The summed E-state index contributed by atoms with van der Waals surface area (Å²) in [5.74, 6) is 6.24. The number of halogens is 3. The quantitative estimate of drug-likeness (QED) is 0.464. The van der Waals surface area contributed by atoms with Crippen LogP contribution in [0.3, 0.4) is 0 Å². The fourth-order valence-corrected chi connectivity index (χ4v) is 1.30. The van der Waals surface area contributed by atoms with Crippen LogP contribution >= 0.6 is 34.8 Å². The van der Waals surface area contributed by atoms with Gasteiger partial charge in [0.05, 0.1) is 6.04 Å². The third-order valence-electron chi connectivity index (χ3n) is 2.22. The highest BCUT2D eigenvalue weighted by atomic mass is 35.6. The molecule has 3 nitrogen and oxygen atoms in total. The normalized spacial score (nSPS) is 12.6. The molecule has 0 radical (unpaired) electrons. The van der Waals surface area contributed by atoms with Gasteiger partial charge in [0, 0.05) is 6.42 Å². The monoisotopic (exact) mass is 327 g/mol. The number of nitrogens with one attached hydrogen (secondary N) is 1. The summed E-state index contributed by atoms with van der Waals surface area (Å²) in [5, 5.41) is 2.66. The first kappa shape index (κ1) is 18.7. The van der Waals surface area contributed by atoms with Crippen molar-refractivity contribution < 1.29 is 9.53 Å². The Morgan fingerprint density at radius 3 is 2.47 bits per heavy atom. The van der Waals surface area contributed by atoms with Gasteiger partial charge in [-0.2, -0.15) is 0 Å². The van der Waals surface area contributed by atoms with Crippen molar-refractivity contribution in [1.82, 2.24) is 5.32 Å². The van der Waals surface area contributed by atoms with Crippen LogP contribution in [-0.4, -0.2) is 22.5 Å². The highest BCUT2D eigenvalue weighted by Gasteiger charge is 2.23. The zero-order valence-electron chi connectivity index (χ0n) is 11.4. The Morgan fingerprint density at radius 1 is 1.37 bits per heavy atom. The number of alkyl halides is 3. The Kier molecular flexibility index (Phi) is 9.43. The average molecular weight is 329 g/mol. The number of amides is 1. The van der Waals surface area contributed by atoms with Crippen molar-refractivity contribution in [1.29, 1.82) is 0 Å². The van der Waals surface area contributed by atoms with Gasteiger partial charge in [-0.15, -0.1) is 5.92 Å². The molecule has 110 valence electrons. The molecule has 0 aromatic heterocycles. The summed E-state index contributed by atoms with van der Waals surface area (Å²) in [7, 11) is 0. The first-order valence-corrected chi connectivity index (χ1v) is 7.38. The highest BCUT2D eigenvalue weighted by Crippen LogP contribution is 2.25. The minimum absolute atomic E-state index is 0.175. The van der Waals surface area contributed by atoms with E-state index in [0.717, 1.165) is 19.3 Å². The zero-order chi connectivity index (χ0) is 14.9. The minimum Gasteiger partial charge on any atom is -0.445 e. The smallest absolute Gasteiger partial charge is 0.408 e. The number of rotatable bonds is 5. The van der Waals surface area contributed by atoms with Crippen molar-refractivity contribution in [3.63, 3.8) is 0 Å². The van der Waals surface area contributed by atoms with Crippen LogP contribution in [0, 0.1) is 17.8 Å². The molecule has 0 bridgehead atoms. The Bertz CT molecular complexity index is 329. The maximum Gasteiger partial charge on any atom is 0.408 e. The number of alkyl carbamates (subject to hydrolysis) is 1. The highest BCUT2D eigenvalue weighted by molar-refractivity contribution is 6.67. The van der Waals surface area contributed by atoms with Crippen LogP contribution in [-0.2, 0) is 4.74 Å². The van der Waals surface area contributed by atoms with E-state index < -0.39 is 9.89 Å². The molecular weight excluding hydrogens is 309 g/mol. The predicted octanol–water partition coefficient (Wildman–Crippen LogP) is 4.30. The summed E-state index contributed by atoms with van der Waals surface area (Å²) in [5.41, 5.74) is 0. The summed E-state index contributed by atoms with van der Waals surface area (Å²) in [6, 6.07) is -0.264. The third-order valence-corrected chi connectivity index (χ3v) is 2.55. The third kappa shape index (κ3) is 11.2. The van der Waals surface area contributed by atoms with Gasteiger partial charge in [-0.05, 0) is 12.3 Å². The number of hydrogen-bond acceptors (Lipinski definition) is 2. The minimum atomic E-state index is -1.60. The maximum absolute atomic E-state index is 11.5. The molecule has 0 saturated heterocycles. The van der Waals surface area contributed by atoms with Crippen LogP contribution in [0.1, 0.15) is 40.0 Å². The van der Waals surface area contributed by atoms with Gasteiger partial charge >= 0.3 is 6.09 Å². The lowest BCUT2D eigenvalue weighted by atomic mass is 10.1. The summed E-state index contributed by atoms with van der Waals surface area (Å²) in [6.07, 6.45) is 2.34. The molecule has 0 aliphatic heterocycles. The lowest BCUT2D eigenvalue weighted by Crippen LogP contribution is -2.38. The number of carbonyl (C=O) groups is 1. The standard InChI is InChI=1S/C13H20Cl3NO2/c1-4-5-6-7-8-11(10(2)3)17-12(18)19-9-13(14,15)16/h10-11H,4-6,9H2,1-3H3,(H,17,18). The second-order valence-corrected chi connectivity index (χ2v) is 7.00. The maximum atomic E-state index is 11.5. The molecule has 0 aromatic carbocycles. The fourth-order valence-electron chi connectivity index (χ4n) is 1.13. The average Bonchev–Trinajstić information content (AvgIpc) is 2.29. The van der Waals surface area contributed by atoms with Crippen molar-refractivity contribution >= 4 is 40.9 Å². The van der Waals surface area contributed by atoms with Crippen molar-refractivity contribution in [2.75, 3.05) is 6.61 Å². The van der Waals surface area contributed by atoms with Crippen LogP contribution in [0.2, 0.25) is 0 Å². The molecule has 0 rings (SSSR count). The molecule has 0 aliphatic rings. The summed E-state index contributed by atoms with van der Waals surface area (Å²) < 4.78 is 3.20. The first-order valence-electron chi connectivity index (χ1n) is 6.24. The van der Waals surface area contributed by atoms with E-state index in [1.54, 1.807) is 0 Å². The largest absolute Gasteiger partial charge is 0.445 e. The topological polar surface area (TPSA) is 38.3 Å². The van der Waals surface area contributed by atoms with Gasteiger partial charge < -0.3 is 10.1 Å². The van der Waals surface area contributed by atoms with E-state index in [0.29, 0.717) is 0 Å². The Hall–Kier alpha value is -0.300. The SMILES string of the molecule is CCCCC#CC(NC(=O)OCC(Cl)(Cl)Cl)C(C)C. The van der Waals surface area contributed by atoms with E-state index in [2.05, 4.69) is 24.1 Å². The predicted molar refractivity (Wildman–Crippen MR) is 80.7 cm³/mol. The van der Waals surface area contributed by atoms with Crippen LogP contribution in [0.15, 0.2) is 0 Å². The second kappa shape index (κ2) is 9.58. The zero-order valence-corrected chi connectivity index (χ0v) is 13.7. The number of unbranched alkanes of at least 4 members (excludes halogenated alkanes) is 2. The molecule has 19 heavy (non-hydrogen) atoms. The van der Waals surface area contributed by atoms with Crippen molar-refractivity contribution in [2.45, 2.75) is 49.9 Å². The molecule has 1 atom stereocenters. The Labute approximate surface area is 130 Å². The molecule has 0 aliphatic carbocycles. The number of ether oxygens (including phenoxy) is 1. The number of carbonyl (C=O) groups excluding carboxylic acids is 1. The summed E-state index contributed by atoms with van der Waals surface area (Å²) in [4.78, 5) is 11.5. The molecule has 0 heterocycles. The molecule has 1 amide bonds. The molecule has 0 fully saturated rings. The number of hydrogen-bond donors (Lipinski definition) is 1. The van der Waals surface area contributed by atoms with Gasteiger partial charge in [0.2, 0.25) is 3.79 Å². The van der Waals surface area contributed by atoms with Gasteiger partial charge in [-0.3, -0.25) is 0 Å². The van der Waals surface area contributed by atoms with Gasteiger partial charge in [-0.25, -0.2) is 4.79 Å². The van der Waals surface area contributed by atoms with E-state index in [1.807, 2.05) is 13.8 Å². The van der Waals surface area contributed by atoms with Crippen LogP contribution in [0.4, 0.5) is 4.79 Å². The van der Waals surface area contributed by atoms with Crippen molar-refractivity contribution in [3.05, 3.63) is 0 Å². The van der Waals surface area contributed by atoms with Gasteiger partial charge in [-0.1, -0.05) is 67.9 Å². The van der Waals surface area contributed by atoms with E-state index in [9.17, 15) is 4.79 Å². The van der Waals surface area contributed by atoms with Crippen LogP contribution in [0.5, 0.6) is 0 Å². The summed E-state index contributed by atoms with van der Waals surface area (Å²) in [6.45, 7) is 5.74. The van der Waals surface area contributed by atoms with Gasteiger partial charge in [0.1, 0.15) is 6.61 Å². The van der Waals surface area contributed by atoms with Gasteiger partial charge in [0.15, 0.2) is 0 Å². The molecular formula is C13H20Cl3NO2. The Balaban J connectivity index is 4.25. The molecule has 1 unspecified atom stereocenters. The van der Waals surface area contributed by atoms with Crippen LogP contribution < -0.4 is 5.32 Å². The lowest BCUT2D eigenvalue weighted by molar-refractivity contribution is 0.144. The van der Waals surface area contributed by atoms with Crippen molar-refractivity contribution in [2.24, 2.45) is 5.92 Å². The fraction of sp³-hybridized carbons (Fsp3) is 0.769. The van der Waals surface area contributed by atoms with E-state index in [4.69, 9.17) is 39.5 Å². The van der Waals surface area contributed by atoms with Crippen LogP contribution in [0.25, 0.3) is 0 Å². The lowest BCUT2D eigenvalue weighted by Gasteiger charge is -2.18. The summed E-state index contributed by atoms with van der Waals surface area (Å²) >= 11 is 16.5. The van der Waals surface area contributed by atoms with E-state index >= 15 is 0 Å². The van der Waals surface area contributed by atoms with E-state index in [1.165, 1.54) is 0 Å². The molecule has 6 heteroatoms. The van der Waals surface area contributed by atoms with Gasteiger partial charge in [0.25, 0.3) is 0 Å². The Morgan fingerprint density at radius 2 is 2.00 bits per heavy atom. The molecule has 1 N–H and O–H groups in total. The second-order valence-electron chi connectivity index (χ2n) is 4.48. The molecule has 0 aromatic rings. The molecule has 0 spiro atoms.